The van der Waals surface area contributed by atoms with E-state index in [1.807, 2.05) is 12.1 Å². The van der Waals surface area contributed by atoms with Gasteiger partial charge in [0.15, 0.2) is 0 Å². The summed E-state index contributed by atoms with van der Waals surface area (Å²) in [6.07, 6.45) is 22.7. The van der Waals surface area contributed by atoms with E-state index in [0.717, 1.165) is 31.7 Å². The van der Waals surface area contributed by atoms with Gasteiger partial charge in [-0.25, -0.2) is 4.79 Å². The second-order valence-corrected chi connectivity index (χ2v) is 9.69. The first-order valence-corrected chi connectivity index (χ1v) is 13.7. The number of unbranched alkanes of at least 4 members (excludes halogenated alkanes) is 13. The van der Waals surface area contributed by atoms with Crippen LogP contribution in [0.1, 0.15) is 102 Å². The summed E-state index contributed by atoms with van der Waals surface area (Å²) < 4.78 is 0. The van der Waals surface area contributed by atoms with E-state index in [2.05, 4.69) is 28.9 Å². The Hall–Kier alpha value is -1.81. The zero-order chi connectivity index (χ0) is 23.6. The van der Waals surface area contributed by atoms with Crippen molar-refractivity contribution in [1.29, 1.82) is 0 Å². The van der Waals surface area contributed by atoms with E-state index < -0.39 is 5.97 Å². The van der Waals surface area contributed by atoms with E-state index in [-0.39, 0.29) is 0 Å². The molecule has 0 radical (unpaired) electrons. The van der Waals surface area contributed by atoms with Gasteiger partial charge in [-0.05, 0) is 36.7 Å². The molecule has 33 heavy (non-hydrogen) atoms. The standard InChI is InChI=1S/C29H48N2O2/c1-2-3-4-5-6-7-8-9-10-11-12-13-14-15-22-30-23-25-31(26-24-30)28-19-16-27(17-20-28)18-21-29(32)33/h16-21H,2-15,22-26H2,1H3,(H,32,33)/b21-18+. The summed E-state index contributed by atoms with van der Waals surface area (Å²) in [4.78, 5) is 15.7. The number of rotatable bonds is 18. The quantitative estimate of drug-likeness (QED) is 0.185. The highest BCUT2D eigenvalue weighted by molar-refractivity contribution is 5.85. The van der Waals surface area contributed by atoms with E-state index >= 15 is 0 Å². The molecule has 0 aliphatic carbocycles. The molecular formula is C29H48N2O2. The first-order chi connectivity index (χ1) is 16.2. The molecule has 2 rings (SSSR count). The summed E-state index contributed by atoms with van der Waals surface area (Å²) in [6, 6.07) is 8.20. The zero-order valence-corrected chi connectivity index (χ0v) is 21.1. The van der Waals surface area contributed by atoms with Crippen molar-refractivity contribution >= 4 is 17.7 Å². The Bertz CT molecular complexity index is 648. The summed E-state index contributed by atoms with van der Waals surface area (Å²) in [6.45, 7) is 7.95. The largest absolute Gasteiger partial charge is 0.478 e. The molecule has 1 N–H and O–H groups in total. The van der Waals surface area contributed by atoms with Gasteiger partial charge in [-0.15, -0.1) is 0 Å². The first-order valence-electron chi connectivity index (χ1n) is 13.7. The van der Waals surface area contributed by atoms with Crippen LogP contribution in [-0.4, -0.2) is 48.7 Å². The number of aliphatic carboxylic acids is 1. The number of benzene rings is 1. The molecule has 0 atom stereocenters. The van der Waals surface area contributed by atoms with Crippen LogP contribution in [0.15, 0.2) is 30.3 Å². The summed E-state index contributed by atoms with van der Waals surface area (Å²) in [5.41, 5.74) is 2.16. The van der Waals surface area contributed by atoms with Crippen molar-refractivity contribution in [3.05, 3.63) is 35.9 Å². The van der Waals surface area contributed by atoms with Crippen LogP contribution in [0.4, 0.5) is 5.69 Å². The molecule has 1 aromatic carbocycles. The number of hydrogen-bond donors (Lipinski definition) is 1. The van der Waals surface area contributed by atoms with Crippen LogP contribution in [0.2, 0.25) is 0 Å². The second-order valence-electron chi connectivity index (χ2n) is 9.69. The van der Waals surface area contributed by atoms with Gasteiger partial charge in [0.25, 0.3) is 0 Å². The van der Waals surface area contributed by atoms with E-state index in [4.69, 9.17) is 5.11 Å². The Morgan fingerprint density at radius 3 is 1.73 bits per heavy atom. The number of carboxylic acid groups (broad SMARTS) is 1. The van der Waals surface area contributed by atoms with Gasteiger partial charge in [0, 0.05) is 37.9 Å². The lowest BCUT2D eigenvalue weighted by Gasteiger charge is -2.36. The Balaban J connectivity index is 1.43. The molecule has 1 aromatic rings. The Kier molecular flexibility index (Phi) is 14.7. The molecule has 4 heteroatoms. The number of anilines is 1. The Labute approximate surface area is 203 Å². The Morgan fingerprint density at radius 1 is 0.758 bits per heavy atom. The molecule has 1 aliphatic heterocycles. The molecule has 1 fully saturated rings. The van der Waals surface area contributed by atoms with Gasteiger partial charge in [-0.3, -0.25) is 4.90 Å². The van der Waals surface area contributed by atoms with Crippen molar-refractivity contribution in [2.24, 2.45) is 0 Å². The zero-order valence-electron chi connectivity index (χ0n) is 21.1. The van der Waals surface area contributed by atoms with E-state index in [9.17, 15) is 4.79 Å². The molecule has 0 saturated carbocycles. The fourth-order valence-electron chi connectivity index (χ4n) is 4.72. The summed E-state index contributed by atoms with van der Waals surface area (Å²) >= 11 is 0. The van der Waals surface area contributed by atoms with Crippen molar-refractivity contribution in [2.75, 3.05) is 37.6 Å². The molecule has 0 spiro atoms. The topological polar surface area (TPSA) is 43.8 Å². The van der Waals surface area contributed by atoms with Gasteiger partial charge in [0.2, 0.25) is 0 Å². The normalized spacial score (nSPS) is 14.9. The fourth-order valence-corrected chi connectivity index (χ4v) is 4.72. The van der Waals surface area contributed by atoms with Crippen LogP contribution in [0, 0.1) is 0 Å². The number of hydrogen-bond acceptors (Lipinski definition) is 3. The van der Waals surface area contributed by atoms with Gasteiger partial charge in [-0.2, -0.15) is 0 Å². The maximum Gasteiger partial charge on any atom is 0.328 e. The molecule has 0 bridgehead atoms. The van der Waals surface area contributed by atoms with Crippen LogP contribution in [-0.2, 0) is 4.79 Å². The summed E-state index contributed by atoms with van der Waals surface area (Å²) in [5, 5.41) is 8.74. The van der Waals surface area contributed by atoms with Gasteiger partial charge >= 0.3 is 5.97 Å². The minimum Gasteiger partial charge on any atom is -0.478 e. The third-order valence-electron chi connectivity index (χ3n) is 6.88. The molecule has 0 unspecified atom stereocenters. The smallest absolute Gasteiger partial charge is 0.328 e. The summed E-state index contributed by atoms with van der Waals surface area (Å²) in [5.74, 6) is -0.908. The summed E-state index contributed by atoms with van der Waals surface area (Å²) in [7, 11) is 0. The lowest BCUT2D eigenvalue weighted by atomic mass is 10.0. The third kappa shape index (κ3) is 12.9. The minimum atomic E-state index is -0.908. The van der Waals surface area contributed by atoms with Crippen LogP contribution < -0.4 is 4.90 Å². The highest BCUT2D eigenvalue weighted by atomic mass is 16.4. The molecule has 0 aromatic heterocycles. The molecule has 4 nitrogen and oxygen atoms in total. The van der Waals surface area contributed by atoms with Gasteiger partial charge in [0.05, 0.1) is 0 Å². The molecule has 1 saturated heterocycles. The minimum absolute atomic E-state index is 0.908. The monoisotopic (exact) mass is 456 g/mol. The maximum absolute atomic E-state index is 10.6. The number of piperazine rings is 1. The third-order valence-corrected chi connectivity index (χ3v) is 6.88. The SMILES string of the molecule is CCCCCCCCCCCCCCCCN1CCN(c2ccc(/C=C/C(=O)O)cc2)CC1. The van der Waals surface area contributed by atoms with Gasteiger partial charge < -0.3 is 10.0 Å². The van der Waals surface area contributed by atoms with Crippen molar-refractivity contribution in [1.82, 2.24) is 4.90 Å². The predicted octanol–water partition coefficient (Wildman–Crippen LogP) is 7.39. The highest BCUT2D eigenvalue weighted by Gasteiger charge is 2.16. The van der Waals surface area contributed by atoms with Crippen molar-refractivity contribution in [3.8, 4) is 0 Å². The van der Waals surface area contributed by atoms with Gasteiger partial charge in [0.1, 0.15) is 0 Å². The number of carbonyl (C=O) groups is 1. The van der Waals surface area contributed by atoms with Crippen LogP contribution in [0.25, 0.3) is 6.08 Å². The van der Waals surface area contributed by atoms with E-state index in [0.29, 0.717) is 0 Å². The predicted molar refractivity (Wildman–Crippen MR) is 142 cm³/mol. The Morgan fingerprint density at radius 2 is 1.24 bits per heavy atom. The molecule has 1 aliphatic rings. The lowest BCUT2D eigenvalue weighted by molar-refractivity contribution is -0.131. The van der Waals surface area contributed by atoms with Crippen LogP contribution in [0.5, 0.6) is 0 Å². The average Bonchev–Trinajstić information content (AvgIpc) is 2.83. The van der Waals surface area contributed by atoms with Gasteiger partial charge in [-0.1, -0.05) is 103 Å². The lowest BCUT2D eigenvalue weighted by Crippen LogP contribution is -2.46. The molecule has 0 amide bonds. The van der Waals surface area contributed by atoms with E-state index in [1.54, 1.807) is 6.08 Å². The van der Waals surface area contributed by atoms with Crippen molar-refractivity contribution in [2.45, 2.75) is 96.8 Å². The van der Waals surface area contributed by atoms with Crippen LogP contribution in [0.3, 0.4) is 0 Å². The average molecular weight is 457 g/mol. The molecular weight excluding hydrogens is 408 g/mol. The number of carboxylic acids is 1. The second kappa shape index (κ2) is 17.6. The molecule has 186 valence electrons. The van der Waals surface area contributed by atoms with E-state index in [1.165, 1.54) is 108 Å². The van der Waals surface area contributed by atoms with Crippen molar-refractivity contribution in [3.63, 3.8) is 0 Å². The molecule has 1 heterocycles. The van der Waals surface area contributed by atoms with Crippen molar-refractivity contribution < 1.29 is 9.90 Å². The maximum atomic E-state index is 10.6. The van der Waals surface area contributed by atoms with Crippen LogP contribution >= 0.6 is 0 Å². The highest BCUT2D eigenvalue weighted by Crippen LogP contribution is 2.19. The first kappa shape index (κ1) is 27.4. The number of nitrogens with zero attached hydrogens (tertiary/aromatic N) is 2. The fraction of sp³-hybridized carbons (Fsp3) is 0.690.